The minimum Gasteiger partial charge on any atom is -0.272 e. The highest BCUT2D eigenvalue weighted by Crippen LogP contribution is 2.18. The van der Waals surface area contributed by atoms with Gasteiger partial charge in [0.15, 0.2) is 0 Å². The molecule has 0 aromatic heterocycles. The van der Waals surface area contributed by atoms with Gasteiger partial charge in [0.05, 0.1) is 0 Å². The Labute approximate surface area is 155 Å². The van der Waals surface area contributed by atoms with Crippen molar-refractivity contribution in [2.45, 2.75) is 110 Å². The van der Waals surface area contributed by atoms with Gasteiger partial charge in [-0.2, -0.15) is 5.32 Å². The molecule has 1 unspecified atom stereocenters. The number of carbonyl (C=O) groups excluding carboxylic acids is 2. The highest BCUT2D eigenvalue weighted by atomic mass is 16.2. The van der Waals surface area contributed by atoms with Crippen molar-refractivity contribution in [1.82, 2.24) is 5.32 Å². The summed E-state index contributed by atoms with van der Waals surface area (Å²) in [6.45, 7) is 2.27. The Morgan fingerprint density at radius 1 is 0.800 bits per heavy atom. The zero-order valence-corrected chi connectivity index (χ0v) is 16.3. The van der Waals surface area contributed by atoms with Crippen molar-refractivity contribution in [3.63, 3.8) is 0 Å². The summed E-state index contributed by atoms with van der Waals surface area (Å²) in [5, 5.41) is 3.46. The van der Waals surface area contributed by atoms with Gasteiger partial charge >= 0.3 is 0 Å². The molecule has 1 fully saturated rings. The first-order valence-electron chi connectivity index (χ1n) is 10.7. The van der Waals surface area contributed by atoms with E-state index in [1.54, 1.807) is 0 Å². The lowest BCUT2D eigenvalue weighted by Crippen LogP contribution is -2.14. The zero-order valence-electron chi connectivity index (χ0n) is 16.3. The van der Waals surface area contributed by atoms with Gasteiger partial charge in [-0.25, -0.2) is 0 Å². The number of unbranched alkanes of at least 4 members (excludes halogenated alkanes) is 12. The van der Waals surface area contributed by atoms with Gasteiger partial charge in [-0.1, -0.05) is 89.7 Å². The third kappa shape index (κ3) is 12.0. The molecule has 1 heterocycles. The number of amides is 2. The van der Waals surface area contributed by atoms with E-state index in [9.17, 15) is 9.59 Å². The molecule has 0 N–H and O–H groups in total. The number of rotatable bonds is 16. The van der Waals surface area contributed by atoms with Crippen molar-refractivity contribution >= 4 is 11.8 Å². The van der Waals surface area contributed by atoms with Gasteiger partial charge in [-0.05, 0) is 25.7 Å². The van der Waals surface area contributed by atoms with Gasteiger partial charge in [0.2, 0.25) is 5.91 Å². The monoisotopic (exact) mass is 348 g/mol. The van der Waals surface area contributed by atoms with Crippen molar-refractivity contribution < 1.29 is 9.59 Å². The summed E-state index contributed by atoms with van der Waals surface area (Å²) < 4.78 is 0. The molecular formula is C22H38NO2. The van der Waals surface area contributed by atoms with Crippen LogP contribution in [0.25, 0.3) is 0 Å². The van der Waals surface area contributed by atoms with Crippen LogP contribution >= 0.6 is 0 Å². The minimum atomic E-state index is -0.240. The van der Waals surface area contributed by atoms with Crippen LogP contribution < -0.4 is 5.32 Å². The molecule has 143 valence electrons. The van der Waals surface area contributed by atoms with Crippen LogP contribution in [0, 0.1) is 5.92 Å². The average molecular weight is 349 g/mol. The molecule has 0 saturated carbocycles. The number of allylic oxidation sites excluding steroid dienone is 2. The Morgan fingerprint density at radius 3 is 1.84 bits per heavy atom. The Hall–Kier alpha value is -1.12. The van der Waals surface area contributed by atoms with Gasteiger partial charge in [0.1, 0.15) is 0 Å². The second kappa shape index (κ2) is 15.2. The lowest BCUT2D eigenvalue weighted by molar-refractivity contribution is -0.126. The van der Waals surface area contributed by atoms with Gasteiger partial charge in [-0.3, -0.25) is 9.59 Å². The topological polar surface area (TPSA) is 48.2 Å². The highest BCUT2D eigenvalue weighted by Gasteiger charge is 2.31. The molecular weight excluding hydrogens is 310 g/mol. The predicted octanol–water partition coefficient (Wildman–Crippen LogP) is 6.09. The Kier molecular flexibility index (Phi) is 13.3. The molecule has 1 rings (SSSR count). The Bertz CT molecular complexity index is 389. The first-order chi connectivity index (χ1) is 12.2. The summed E-state index contributed by atoms with van der Waals surface area (Å²) >= 11 is 0. The standard InChI is InChI=1S/C22H38NO2/c1-2-3-4-5-6-7-8-9-10-11-12-13-14-15-16-17-18-20-19-21(24)23-22(20)25/h15-16,20H,2-14,17-19H2,1H3. The summed E-state index contributed by atoms with van der Waals surface area (Å²) in [6, 6.07) is 0. The second-order valence-electron chi connectivity index (χ2n) is 7.47. The maximum Gasteiger partial charge on any atom is 0.252 e. The first kappa shape index (κ1) is 21.9. The van der Waals surface area contributed by atoms with E-state index in [2.05, 4.69) is 24.4 Å². The Morgan fingerprint density at radius 2 is 1.32 bits per heavy atom. The fourth-order valence-corrected chi connectivity index (χ4v) is 3.42. The van der Waals surface area contributed by atoms with Crippen LogP contribution in [0.15, 0.2) is 12.2 Å². The fraction of sp³-hybridized carbons (Fsp3) is 0.818. The average Bonchev–Trinajstić information content (AvgIpc) is 2.92. The minimum absolute atomic E-state index is 0.149. The molecule has 25 heavy (non-hydrogen) atoms. The molecule has 0 aromatic carbocycles. The van der Waals surface area contributed by atoms with Crippen LogP contribution in [-0.2, 0) is 9.59 Å². The van der Waals surface area contributed by atoms with E-state index in [1.807, 2.05) is 0 Å². The van der Waals surface area contributed by atoms with Gasteiger partial charge in [0, 0.05) is 12.3 Å². The van der Waals surface area contributed by atoms with Crippen molar-refractivity contribution in [2.75, 3.05) is 0 Å². The molecule has 0 bridgehead atoms. The molecule has 3 nitrogen and oxygen atoms in total. The lowest BCUT2D eigenvalue weighted by Gasteiger charge is -2.02. The third-order valence-corrected chi connectivity index (χ3v) is 5.08. The van der Waals surface area contributed by atoms with Gasteiger partial charge < -0.3 is 0 Å². The molecule has 1 aliphatic rings. The van der Waals surface area contributed by atoms with E-state index in [-0.39, 0.29) is 17.7 Å². The van der Waals surface area contributed by atoms with Crippen molar-refractivity contribution in [1.29, 1.82) is 0 Å². The van der Waals surface area contributed by atoms with E-state index in [0.717, 1.165) is 19.3 Å². The van der Waals surface area contributed by atoms with Crippen LogP contribution in [0.3, 0.4) is 0 Å². The van der Waals surface area contributed by atoms with E-state index >= 15 is 0 Å². The lowest BCUT2D eigenvalue weighted by atomic mass is 10.0. The molecule has 1 saturated heterocycles. The van der Waals surface area contributed by atoms with Crippen LogP contribution in [0.4, 0.5) is 0 Å². The molecule has 1 radical (unpaired) electrons. The van der Waals surface area contributed by atoms with E-state index < -0.39 is 0 Å². The van der Waals surface area contributed by atoms with E-state index in [1.165, 1.54) is 77.0 Å². The highest BCUT2D eigenvalue weighted by molar-refractivity contribution is 6.02. The number of hydrogen-bond acceptors (Lipinski definition) is 2. The maximum atomic E-state index is 11.4. The number of imide groups is 1. The fourth-order valence-electron chi connectivity index (χ4n) is 3.42. The normalized spacial score (nSPS) is 17.6. The quantitative estimate of drug-likeness (QED) is 0.192. The SMILES string of the molecule is CCCCCCCCCCCCCCC=CCCC1CC(=O)[N]C1=O. The molecule has 0 aromatic rings. The maximum absolute atomic E-state index is 11.4. The summed E-state index contributed by atoms with van der Waals surface area (Å²) in [5.74, 6) is -0.598. The summed E-state index contributed by atoms with van der Waals surface area (Å²) in [4.78, 5) is 22.4. The smallest absolute Gasteiger partial charge is 0.252 e. The second-order valence-corrected chi connectivity index (χ2v) is 7.47. The van der Waals surface area contributed by atoms with Crippen LogP contribution in [0.1, 0.15) is 110 Å². The largest absolute Gasteiger partial charge is 0.272 e. The molecule has 0 aliphatic carbocycles. The third-order valence-electron chi connectivity index (χ3n) is 5.08. The Balaban J connectivity index is 1.78. The van der Waals surface area contributed by atoms with Gasteiger partial charge in [-0.15, -0.1) is 0 Å². The van der Waals surface area contributed by atoms with E-state index in [4.69, 9.17) is 0 Å². The predicted molar refractivity (Wildman–Crippen MR) is 104 cm³/mol. The summed E-state index contributed by atoms with van der Waals surface area (Å²) in [7, 11) is 0. The number of nitrogens with zero attached hydrogens (tertiary/aromatic N) is 1. The van der Waals surface area contributed by atoms with Crippen LogP contribution in [0.2, 0.25) is 0 Å². The van der Waals surface area contributed by atoms with Crippen molar-refractivity contribution in [3.05, 3.63) is 12.2 Å². The van der Waals surface area contributed by atoms with Gasteiger partial charge in [0.25, 0.3) is 5.91 Å². The van der Waals surface area contributed by atoms with E-state index in [0.29, 0.717) is 6.42 Å². The van der Waals surface area contributed by atoms with Crippen molar-refractivity contribution in [2.24, 2.45) is 5.92 Å². The summed E-state index contributed by atoms with van der Waals surface area (Å²) in [5.41, 5.74) is 0. The van der Waals surface area contributed by atoms with Crippen LogP contribution in [0.5, 0.6) is 0 Å². The zero-order chi connectivity index (χ0) is 18.2. The molecule has 2 amide bonds. The molecule has 1 atom stereocenters. The summed E-state index contributed by atoms with van der Waals surface area (Å²) in [6.07, 6.45) is 24.1. The van der Waals surface area contributed by atoms with Crippen LogP contribution in [-0.4, -0.2) is 11.8 Å². The number of hydrogen-bond donors (Lipinski definition) is 0. The molecule has 0 spiro atoms. The molecule has 1 aliphatic heterocycles. The molecule has 3 heteroatoms. The van der Waals surface area contributed by atoms with Crippen molar-refractivity contribution in [3.8, 4) is 0 Å². The number of carbonyl (C=O) groups is 2. The first-order valence-corrected chi connectivity index (χ1v) is 10.7.